The summed E-state index contributed by atoms with van der Waals surface area (Å²) in [5, 5.41) is 6.47. The highest BCUT2D eigenvalue weighted by Crippen LogP contribution is 2.30. The molecule has 21 heavy (non-hydrogen) atoms. The van der Waals surface area contributed by atoms with Crippen LogP contribution in [0.15, 0.2) is 42.7 Å². The molecule has 1 atom stereocenters. The molecule has 1 aromatic carbocycles. The molecule has 1 aliphatic rings. The summed E-state index contributed by atoms with van der Waals surface area (Å²) in [6.45, 7) is 2.87. The molecule has 0 aliphatic carbocycles. The van der Waals surface area contributed by atoms with Crippen LogP contribution in [0.2, 0.25) is 0 Å². The number of para-hydroxylation sites is 2. The molecule has 1 aliphatic heterocycles. The number of aromatic nitrogens is 2. The van der Waals surface area contributed by atoms with E-state index in [0.717, 1.165) is 31.1 Å². The van der Waals surface area contributed by atoms with Gasteiger partial charge in [-0.3, -0.25) is 0 Å². The van der Waals surface area contributed by atoms with Gasteiger partial charge >= 0.3 is 0 Å². The summed E-state index contributed by atoms with van der Waals surface area (Å²) < 4.78 is 11.5. The zero-order valence-corrected chi connectivity index (χ0v) is 11.7. The summed E-state index contributed by atoms with van der Waals surface area (Å²) in [4.78, 5) is 8.19. The topological polar surface area (TPSA) is 68.3 Å². The molecule has 0 saturated heterocycles. The van der Waals surface area contributed by atoms with Gasteiger partial charge in [-0.05, 0) is 18.2 Å². The molecule has 2 heterocycles. The van der Waals surface area contributed by atoms with Crippen molar-refractivity contribution in [1.82, 2.24) is 15.3 Å². The van der Waals surface area contributed by atoms with Gasteiger partial charge < -0.3 is 20.1 Å². The Kier molecular flexibility index (Phi) is 4.48. The van der Waals surface area contributed by atoms with Crippen molar-refractivity contribution in [2.24, 2.45) is 0 Å². The molecule has 0 unspecified atom stereocenters. The minimum atomic E-state index is 0.0351. The molecule has 0 spiro atoms. The maximum Gasteiger partial charge on any atom is 0.222 e. The third kappa shape index (κ3) is 3.82. The summed E-state index contributed by atoms with van der Waals surface area (Å²) in [6.07, 6.45) is 3.47. The van der Waals surface area contributed by atoms with E-state index in [1.165, 1.54) is 0 Å². The van der Waals surface area contributed by atoms with Crippen LogP contribution in [0.1, 0.15) is 0 Å². The van der Waals surface area contributed by atoms with Crippen LogP contribution in [0.4, 0.5) is 5.95 Å². The van der Waals surface area contributed by atoms with Crippen molar-refractivity contribution in [3.8, 4) is 11.5 Å². The molecular formula is C15H18N4O2. The number of nitrogens with zero attached hydrogens (tertiary/aromatic N) is 2. The second-order valence-corrected chi connectivity index (χ2v) is 4.70. The van der Waals surface area contributed by atoms with E-state index in [-0.39, 0.29) is 6.10 Å². The van der Waals surface area contributed by atoms with Crippen molar-refractivity contribution in [3.05, 3.63) is 42.7 Å². The molecule has 1 aromatic heterocycles. The van der Waals surface area contributed by atoms with E-state index in [9.17, 15) is 0 Å². The first kappa shape index (κ1) is 13.6. The first-order valence-electron chi connectivity index (χ1n) is 7.02. The normalized spacial score (nSPS) is 16.5. The predicted molar refractivity (Wildman–Crippen MR) is 79.7 cm³/mol. The van der Waals surface area contributed by atoms with Gasteiger partial charge in [0.2, 0.25) is 5.95 Å². The molecule has 110 valence electrons. The van der Waals surface area contributed by atoms with Crippen LogP contribution in [0.5, 0.6) is 11.5 Å². The fraction of sp³-hybridized carbons (Fsp3) is 0.333. The molecule has 6 nitrogen and oxygen atoms in total. The van der Waals surface area contributed by atoms with Crippen molar-refractivity contribution < 1.29 is 9.47 Å². The zero-order chi connectivity index (χ0) is 14.3. The molecule has 0 saturated carbocycles. The van der Waals surface area contributed by atoms with Crippen LogP contribution >= 0.6 is 0 Å². The summed E-state index contributed by atoms with van der Waals surface area (Å²) in [5.41, 5.74) is 0. The number of rotatable bonds is 6. The lowest BCUT2D eigenvalue weighted by atomic mass is 10.2. The largest absolute Gasteiger partial charge is 0.486 e. The number of hydrogen-bond acceptors (Lipinski definition) is 6. The Balaban J connectivity index is 1.35. The second kappa shape index (κ2) is 6.90. The molecule has 0 bridgehead atoms. The van der Waals surface area contributed by atoms with Crippen LogP contribution in [0, 0.1) is 0 Å². The average molecular weight is 286 g/mol. The number of hydrogen-bond donors (Lipinski definition) is 2. The molecule has 3 rings (SSSR count). The van der Waals surface area contributed by atoms with Crippen molar-refractivity contribution in [2.75, 3.05) is 31.6 Å². The monoisotopic (exact) mass is 286 g/mol. The summed E-state index contributed by atoms with van der Waals surface area (Å²) in [7, 11) is 0. The van der Waals surface area contributed by atoms with E-state index in [2.05, 4.69) is 20.6 Å². The van der Waals surface area contributed by atoms with Crippen LogP contribution in [-0.4, -0.2) is 42.3 Å². The zero-order valence-electron chi connectivity index (χ0n) is 11.7. The van der Waals surface area contributed by atoms with Gasteiger partial charge in [0, 0.05) is 32.0 Å². The lowest BCUT2D eigenvalue weighted by Crippen LogP contribution is -2.39. The Hall–Kier alpha value is -2.34. The number of anilines is 1. The highest BCUT2D eigenvalue weighted by Gasteiger charge is 2.19. The van der Waals surface area contributed by atoms with Gasteiger partial charge in [0.15, 0.2) is 11.5 Å². The summed E-state index contributed by atoms with van der Waals surface area (Å²) in [5.74, 6) is 2.27. The SMILES string of the molecule is c1cnc(NCCNC[C@H]2COc3ccccc3O2)nc1. The standard InChI is InChI=1S/C15H18N4O2/c1-2-5-14-13(4-1)20-11-12(21-14)10-16-8-9-19-15-17-6-3-7-18-15/h1-7,12,16H,8-11H2,(H,17,18,19)/t12-/m0/s1. The van der Waals surface area contributed by atoms with Crippen molar-refractivity contribution in [2.45, 2.75) is 6.10 Å². The van der Waals surface area contributed by atoms with E-state index in [1.807, 2.05) is 24.3 Å². The number of benzene rings is 1. The average Bonchev–Trinajstić information content (AvgIpc) is 2.55. The smallest absolute Gasteiger partial charge is 0.222 e. The highest BCUT2D eigenvalue weighted by molar-refractivity contribution is 5.40. The predicted octanol–water partition coefficient (Wildman–Crippen LogP) is 1.32. The highest BCUT2D eigenvalue weighted by atomic mass is 16.6. The Morgan fingerprint density at radius 1 is 1.05 bits per heavy atom. The fourth-order valence-corrected chi connectivity index (χ4v) is 2.08. The minimum absolute atomic E-state index is 0.0351. The van der Waals surface area contributed by atoms with E-state index in [1.54, 1.807) is 18.5 Å². The molecular weight excluding hydrogens is 268 g/mol. The molecule has 0 fully saturated rings. The lowest BCUT2D eigenvalue weighted by molar-refractivity contribution is 0.0908. The van der Waals surface area contributed by atoms with E-state index < -0.39 is 0 Å². The summed E-state index contributed by atoms with van der Waals surface area (Å²) >= 11 is 0. The van der Waals surface area contributed by atoms with Gasteiger partial charge in [-0.15, -0.1) is 0 Å². The van der Waals surface area contributed by atoms with E-state index in [0.29, 0.717) is 12.6 Å². The molecule has 0 amide bonds. The third-order valence-electron chi connectivity index (χ3n) is 3.09. The number of fused-ring (bicyclic) bond motifs is 1. The summed E-state index contributed by atoms with van der Waals surface area (Å²) in [6, 6.07) is 9.53. The Labute approximate surface area is 123 Å². The maximum absolute atomic E-state index is 5.86. The van der Waals surface area contributed by atoms with Gasteiger partial charge in [-0.2, -0.15) is 0 Å². The van der Waals surface area contributed by atoms with Crippen LogP contribution in [0.25, 0.3) is 0 Å². The maximum atomic E-state index is 5.86. The Bertz CT molecular complexity index is 565. The van der Waals surface area contributed by atoms with Gasteiger partial charge in [0.1, 0.15) is 12.7 Å². The number of nitrogens with one attached hydrogen (secondary N) is 2. The van der Waals surface area contributed by atoms with Crippen molar-refractivity contribution in [3.63, 3.8) is 0 Å². The Morgan fingerprint density at radius 2 is 1.86 bits per heavy atom. The quantitative estimate of drug-likeness (QED) is 0.781. The molecule has 0 radical (unpaired) electrons. The number of ether oxygens (including phenoxy) is 2. The molecule has 2 N–H and O–H groups in total. The lowest BCUT2D eigenvalue weighted by Gasteiger charge is -2.26. The van der Waals surface area contributed by atoms with Crippen molar-refractivity contribution in [1.29, 1.82) is 0 Å². The molecule has 2 aromatic rings. The van der Waals surface area contributed by atoms with Gasteiger partial charge in [0.05, 0.1) is 0 Å². The minimum Gasteiger partial charge on any atom is -0.486 e. The van der Waals surface area contributed by atoms with Gasteiger partial charge in [-0.25, -0.2) is 9.97 Å². The first-order chi connectivity index (χ1) is 10.4. The fourth-order valence-electron chi connectivity index (χ4n) is 2.08. The van der Waals surface area contributed by atoms with Crippen LogP contribution < -0.4 is 20.1 Å². The van der Waals surface area contributed by atoms with Crippen LogP contribution in [-0.2, 0) is 0 Å². The third-order valence-corrected chi connectivity index (χ3v) is 3.09. The van der Waals surface area contributed by atoms with Crippen LogP contribution in [0.3, 0.4) is 0 Å². The Morgan fingerprint density at radius 3 is 2.71 bits per heavy atom. The van der Waals surface area contributed by atoms with E-state index >= 15 is 0 Å². The van der Waals surface area contributed by atoms with E-state index in [4.69, 9.17) is 9.47 Å². The van der Waals surface area contributed by atoms with Gasteiger partial charge in [0.25, 0.3) is 0 Å². The molecule has 6 heteroatoms. The first-order valence-corrected chi connectivity index (χ1v) is 7.02. The van der Waals surface area contributed by atoms with Crippen molar-refractivity contribution >= 4 is 5.95 Å². The second-order valence-electron chi connectivity index (χ2n) is 4.70. The van der Waals surface area contributed by atoms with Gasteiger partial charge in [-0.1, -0.05) is 12.1 Å².